The summed E-state index contributed by atoms with van der Waals surface area (Å²) in [6.07, 6.45) is 4.37. The highest BCUT2D eigenvalue weighted by Crippen LogP contribution is 2.25. The smallest absolute Gasteiger partial charge is 0.338 e. The number of carboxylic acids is 1. The average molecular weight is 373 g/mol. The molecule has 0 aliphatic carbocycles. The normalized spacial score (nSPS) is 15.5. The minimum atomic E-state index is -0.984. The highest BCUT2D eigenvalue weighted by atomic mass is 35.5. The molecule has 0 unspecified atom stereocenters. The predicted molar refractivity (Wildman–Crippen MR) is 96.7 cm³/mol. The maximum atomic E-state index is 12.8. The lowest BCUT2D eigenvalue weighted by molar-refractivity contribution is 0.0684. The number of aromatic amines is 1. The number of piperidine rings is 1. The number of hydrogen-bond donors (Lipinski definition) is 2. The number of amides is 1. The van der Waals surface area contributed by atoms with Crippen molar-refractivity contribution >= 4 is 34.4 Å². The summed E-state index contributed by atoms with van der Waals surface area (Å²) in [5, 5.41) is 14.7. The second-order valence-corrected chi connectivity index (χ2v) is 6.89. The summed E-state index contributed by atoms with van der Waals surface area (Å²) in [6.45, 7) is 1.20. The molecule has 2 N–H and O–H groups in total. The Bertz CT molecular complexity index is 985. The molecule has 1 amide bonds. The molecular formula is C18H17ClN4O3. The van der Waals surface area contributed by atoms with Crippen LogP contribution in [0.25, 0.3) is 10.9 Å². The first-order valence-electron chi connectivity index (χ1n) is 8.36. The van der Waals surface area contributed by atoms with E-state index in [4.69, 9.17) is 16.7 Å². The minimum Gasteiger partial charge on any atom is -0.478 e. The Labute approximate surface area is 154 Å². The molecule has 26 heavy (non-hydrogen) atoms. The van der Waals surface area contributed by atoms with E-state index in [1.54, 1.807) is 23.0 Å². The molecule has 8 heteroatoms. The van der Waals surface area contributed by atoms with Crippen molar-refractivity contribution < 1.29 is 14.7 Å². The van der Waals surface area contributed by atoms with Gasteiger partial charge in [0.1, 0.15) is 5.69 Å². The molecule has 0 saturated carbocycles. The van der Waals surface area contributed by atoms with E-state index in [1.807, 2.05) is 17.0 Å². The Balaban J connectivity index is 1.44. The van der Waals surface area contributed by atoms with E-state index in [-0.39, 0.29) is 17.5 Å². The van der Waals surface area contributed by atoms with Gasteiger partial charge in [0.05, 0.1) is 17.8 Å². The molecular weight excluding hydrogens is 356 g/mol. The summed E-state index contributed by atoms with van der Waals surface area (Å²) in [5.74, 6) is -1.02. The van der Waals surface area contributed by atoms with Crippen molar-refractivity contribution in [3.8, 4) is 0 Å². The molecule has 0 spiro atoms. The first kappa shape index (κ1) is 16.7. The zero-order valence-corrected chi connectivity index (χ0v) is 14.6. The second kappa shape index (κ2) is 6.49. The number of carboxylic acid groups (broad SMARTS) is 1. The number of H-pyrrole nitrogens is 1. The molecule has 3 heterocycles. The van der Waals surface area contributed by atoms with Crippen LogP contribution in [0.3, 0.4) is 0 Å². The highest BCUT2D eigenvalue weighted by molar-refractivity contribution is 6.31. The third kappa shape index (κ3) is 3.06. The molecule has 1 saturated heterocycles. The number of benzene rings is 1. The molecule has 2 aromatic heterocycles. The van der Waals surface area contributed by atoms with Crippen molar-refractivity contribution in [3.63, 3.8) is 0 Å². The fourth-order valence-electron chi connectivity index (χ4n) is 3.37. The minimum absolute atomic E-state index is 0.0394. The van der Waals surface area contributed by atoms with Crippen LogP contribution in [0.1, 0.15) is 39.7 Å². The molecule has 1 aromatic carbocycles. The Morgan fingerprint density at radius 3 is 2.69 bits per heavy atom. The number of nitrogens with zero attached hydrogens (tertiary/aromatic N) is 3. The lowest BCUT2D eigenvalue weighted by Crippen LogP contribution is -2.39. The van der Waals surface area contributed by atoms with Crippen molar-refractivity contribution in [3.05, 3.63) is 52.9 Å². The SMILES string of the molecule is O=C(O)c1cnn(C2CCN(C(=O)c3cc4ccc(Cl)cc4[nH]3)CC2)c1. The van der Waals surface area contributed by atoms with Gasteiger partial charge in [-0.2, -0.15) is 5.10 Å². The number of nitrogens with one attached hydrogen (secondary N) is 1. The standard InChI is InChI=1S/C18H17ClN4O3/c19-13-2-1-11-7-16(21-15(11)8-13)17(24)22-5-3-14(4-6-22)23-10-12(9-20-23)18(25)26/h1-2,7-10,14,21H,3-6H2,(H,25,26). The summed E-state index contributed by atoms with van der Waals surface area (Å²) < 4.78 is 1.69. The zero-order chi connectivity index (χ0) is 18.3. The second-order valence-electron chi connectivity index (χ2n) is 6.45. The van der Waals surface area contributed by atoms with E-state index in [2.05, 4.69) is 10.1 Å². The first-order valence-corrected chi connectivity index (χ1v) is 8.74. The number of likely N-dealkylation sites (tertiary alicyclic amines) is 1. The summed E-state index contributed by atoms with van der Waals surface area (Å²) >= 11 is 5.99. The fraction of sp³-hybridized carbons (Fsp3) is 0.278. The van der Waals surface area contributed by atoms with Gasteiger partial charge in [0.2, 0.25) is 0 Å². The van der Waals surface area contributed by atoms with Gasteiger partial charge < -0.3 is 15.0 Å². The molecule has 1 fully saturated rings. The van der Waals surface area contributed by atoms with Crippen LogP contribution in [-0.2, 0) is 0 Å². The van der Waals surface area contributed by atoms with Crippen molar-refractivity contribution in [2.24, 2.45) is 0 Å². The van der Waals surface area contributed by atoms with Crippen LogP contribution in [0.5, 0.6) is 0 Å². The van der Waals surface area contributed by atoms with E-state index in [0.29, 0.717) is 23.8 Å². The lowest BCUT2D eigenvalue weighted by atomic mass is 10.0. The maximum Gasteiger partial charge on any atom is 0.338 e. The fourth-order valence-corrected chi connectivity index (χ4v) is 3.54. The van der Waals surface area contributed by atoms with Crippen molar-refractivity contribution in [1.29, 1.82) is 0 Å². The Morgan fingerprint density at radius 1 is 1.23 bits per heavy atom. The Morgan fingerprint density at radius 2 is 2.00 bits per heavy atom. The summed E-state index contributed by atoms with van der Waals surface area (Å²) in [7, 11) is 0. The van der Waals surface area contributed by atoms with Crippen LogP contribution in [0.4, 0.5) is 0 Å². The molecule has 4 rings (SSSR count). The summed E-state index contributed by atoms with van der Waals surface area (Å²) in [5.41, 5.74) is 1.57. The Hall–Kier alpha value is -2.80. The number of fused-ring (bicyclic) bond motifs is 1. The Kier molecular flexibility index (Phi) is 4.16. The van der Waals surface area contributed by atoms with Crippen LogP contribution in [0, 0.1) is 0 Å². The number of hydrogen-bond acceptors (Lipinski definition) is 3. The number of carbonyl (C=O) groups is 2. The van der Waals surface area contributed by atoms with Gasteiger partial charge in [-0.25, -0.2) is 4.79 Å². The molecule has 7 nitrogen and oxygen atoms in total. The number of aromatic nitrogens is 3. The van der Waals surface area contributed by atoms with Gasteiger partial charge in [-0.3, -0.25) is 9.48 Å². The molecule has 0 radical (unpaired) electrons. The van der Waals surface area contributed by atoms with Crippen LogP contribution in [0.2, 0.25) is 5.02 Å². The number of halogens is 1. The maximum absolute atomic E-state index is 12.8. The quantitative estimate of drug-likeness (QED) is 0.738. The monoisotopic (exact) mass is 372 g/mol. The van der Waals surface area contributed by atoms with E-state index >= 15 is 0 Å². The van der Waals surface area contributed by atoms with Crippen molar-refractivity contribution in [1.82, 2.24) is 19.7 Å². The van der Waals surface area contributed by atoms with Crippen LogP contribution in [-0.4, -0.2) is 49.7 Å². The van der Waals surface area contributed by atoms with Gasteiger partial charge in [-0.1, -0.05) is 17.7 Å². The molecule has 1 aliphatic rings. The first-order chi connectivity index (χ1) is 12.5. The number of aromatic carboxylic acids is 1. The third-order valence-corrected chi connectivity index (χ3v) is 5.02. The van der Waals surface area contributed by atoms with E-state index < -0.39 is 5.97 Å². The molecule has 1 aliphatic heterocycles. The number of rotatable bonds is 3. The summed E-state index contributed by atoms with van der Waals surface area (Å²) in [6, 6.07) is 7.43. The molecule has 3 aromatic rings. The topological polar surface area (TPSA) is 91.2 Å². The number of carbonyl (C=O) groups excluding carboxylic acids is 1. The predicted octanol–water partition coefficient (Wildman–Crippen LogP) is 3.19. The van der Waals surface area contributed by atoms with E-state index in [0.717, 1.165) is 23.7 Å². The van der Waals surface area contributed by atoms with Crippen molar-refractivity contribution in [2.45, 2.75) is 18.9 Å². The molecule has 0 bridgehead atoms. The molecule has 134 valence electrons. The largest absolute Gasteiger partial charge is 0.478 e. The van der Waals surface area contributed by atoms with Gasteiger partial charge in [0, 0.05) is 35.2 Å². The highest BCUT2D eigenvalue weighted by Gasteiger charge is 2.26. The molecule has 0 atom stereocenters. The van der Waals surface area contributed by atoms with E-state index in [9.17, 15) is 9.59 Å². The van der Waals surface area contributed by atoms with Gasteiger partial charge in [0.25, 0.3) is 5.91 Å². The van der Waals surface area contributed by atoms with Crippen molar-refractivity contribution in [2.75, 3.05) is 13.1 Å². The summed E-state index contributed by atoms with van der Waals surface area (Å²) in [4.78, 5) is 28.7. The van der Waals surface area contributed by atoms with Crippen LogP contribution >= 0.6 is 11.6 Å². The van der Waals surface area contributed by atoms with Gasteiger partial charge in [0.15, 0.2) is 0 Å². The lowest BCUT2D eigenvalue weighted by Gasteiger charge is -2.31. The van der Waals surface area contributed by atoms with Crippen LogP contribution < -0.4 is 0 Å². The van der Waals surface area contributed by atoms with E-state index in [1.165, 1.54) is 6.20 Å². The average Bonchev–Trinajstić information content (AvgIpc) is 3.28. The van der Waals surface area contributed by atoms with Gasteiger partial charge in [-0.15, -0.1) is 0 Å². The third-order valence-electron chi connectivity index (χ3n) is 4.79. The van der Waals surface area contributed by atoms with Gasteiger partial charge >= 0.3 is 5.97 Å². The van der Waals surface area contributed by atoms with Gasteiger partial charge in [-0.05, 0) is 31.0 Å². The van der Waals surface area contributed by atoms with Crippen LogP contribution in [0.15, 0.2) is 36.7 Å². The zero-order valence-electron chi connectivity index (χ0n) is 13.9.